The topological polar surface area (TPSA) is 74.6 Å². The maximum absolute atomic E-state index is 12.6. The Morgan fingerprint density at radius 2 is 2.15 bits per heavy atom. The summed E-state index contributed by atoms with van der Waals surface area (Å²) >= 11 is 0. The summed E-state index contributed by atoms with van der Waals surface area (Å²) in [5.41, 5.74) is 1.87. The molecule has 1 aliphatic heterocycles. The third-order valence-electron chi connectivity index (χ3n) is 4.82. The highest BCUT2D eigenvalue weighted by molar-refractivity contribution is 5.90. The normalized spacial score (nSPS) is 18.0. The quantitative estimate of drug-likeness (QED) is 0.846. The number of amides is 3. The molecule has 6 heteroatoms. The molecular formula is C21H27N3O3. The Hall–Kier alpha value is -2.76. The number of hydrogen-bond donors (Lipinski definition) is 2. The monoisotopic (exact) mass is 369 g/mol. The molecule has 1 aromatic carbocycles. The van der Waals surface area contributed by atoms with E-state index in [-0.39, 0.29) is 23.9 Å². The van der Waals surface area contributed by atoms with Gasteiger partial charge in [0.2, 0.25) is 5.91 Å². The molecule has 1 aromatic heterocycles. The number of urea groups is 1. The van der Waals surface area contributed by atoms with Gasteiger partial charge >= 0.3 is 6.03 Å². The number of carbonyl (C=O) groups excluding carboxylic acids is 2. The van der Waals surface area contributed by atoms with Crippen molar-refractivity contribution in [2.75, 3.05) is 18.4 Å². The average Bonchev–Trinajstić information content (AvgIpc) is 3.14. The van der Waals surface area contributed by atoms with E-state index in [2.05, 4.69) is 10.6 Å². The van der Waals surface area contributed by atoms with Gasteiger partial charge in [0.15, 0.2) is 0 Å². The number of anilines is 1. The van der Waals surface area contributed by atoms with Crippen molar-refractivity contribution in [2.45, 2.75) is 39.2 Å². The fraction of sp³-hybridized carbons (Fsp3) is 0.429. The second-order valence-corrected chi connectivity index (χ2v) is 7.28. The molecular weight excluding hydrogens is 342 g/mol. The van der Waals surface area contributed by atoms with E-state index < -0.39 is 0 Å². The first-order chi connectivity index (χ1) is 13.0. The number of carbonyl (C=O) groups is 2. The van der Waals surface area contributed by atoms with Crippen LogP contribution in [0.5, 0.6) is 0 Å². The number of rotatable bonds is 5. The lowest BCUT2D eigenvalue weighted by Gasteiger charge is -2.32. The molecule has 6 nitrogen and oxygen atoms in total. The maximum atomic E-state index is 12.6. The van der Waals surface area contributed by atoms with E-state index in [1.165, 1.54) is 0 Å². The van der Waals surface area contributed by atoms with Crippen molar-refractivity contribution in [1.29, 1.82) is 0 Å². The fourth-order valence-electron chi connectivity index (χ4n) is 3.44. The molecule has 1 saturated heterocycles. The molecule has 0 radical (unpaired) electrons. The van der Waals surface area contributed by atoms with Crippen molar-refractivity contribution in [2.24, 2.45) is 5.92 Å². The summed E-state index contributed by atoms with van der Waals surface area (Å²) in [6, 6.07) is 11.3. The van der Waals surface area contributed by atoms with Gasteiger partial charge in [-0.1, -0.05) is 12.1 Å². The van der Waals surface area contributed by atoms with Gasteiger partial charge in [-0.25, -0.2) is 4.79 Å². The van der Waals surface area contributed by atoms with Crippen LogP contribution in [0, 0.1) is 12.8 Å². The molecule has 1 fully saturated rings. The number of furan rings is 1. The van der Waals surface area contributed by atoms with Crippen molar-refractivity contribution in [3.8, 4) is 0 Å². The lowest BCUT2D eigenvalue weighted by Crippen LogP contribution is -2.48. The summed E-state index contributed by atoms with van der Waals surface area (Å²) in [7, 11) is 0. The van der Waals surface area contributed by atoms with Crippen LogP contribution in [0.3, 0.4) is 0 Å². The number of likely N-dealkylation sites (tertiary alicyclic amines) is 1. The first-order valence-corrected chi connectivity index (χ1v) is 9.46. The van der Waals surface area contributed by atoms with Gasteiger partial charge in [-0.3, -0.25) is 4.79 Å². The Balaban J connectivity index is 1.52. The summed E-state index contributed by atoms with van der Waals surface area (Å²) in [5.74, 6) is 0.675. The Kier molecular flexibility index (Phi) is 6.16. The van der Waals surface area contributed by atoms with Crippen LogP contribution in [0.15, 0.2) is 47.1 Å². The van der Waals surface area contributed by atoms with Crippen molar-refractivity contribution >= 4 is 17.6 Å². The van der Waals surface area contributed by atoms with Gasteiger partial charge in [-0.15, -0.1) is 0 Å². The number of aryl methyl sites for hydroxylation is 1. The van der Waals surface area contributed by atoms with Gasteiger partial charge in [-0.2, -0.15) is 0 Å². The maximum Gasteiger partial charge on any atom is 0.321 e. The van der Waals surface area contributed by atoms with Crippen LogP contribution < -0.4 is 10.6 Å². The summed E-state index contributed by atoms with van der Waals surface area (Å²) in [6.07, 6.45) is 3.91. The molecule has 2 N–H and O–H groups in total. The van der Waals surface area contributed by atoms with E-state index in [1.807, 2.05) is 50.2 Å². The van der Waals surface area contributed by atoms with Gasteiger partial charge in [0, 0.05) is 31.2 Å². The number of nitrogens with one attached hydrogen (secondary N) is 2. The molecule has 2 atom stereocenters. The first kappa shape index (κ1) is 19.0. The Bertz CT molecular complexity index is 773. The van der Waals surface area contributed by atoms with Crippen molar-refractivity contribution in [1.82, 2.24) is 10.2 Å². The third-order valence-corrected chi connectivity index (χ3v) is 4.82. The average molecular weight is 369 g/mol. The van der Waals surface area contributed by atoms with Gasteiger partial charge in [-0.05, 0) is 56.5 Å². The number of benzene rings is 1. The lowest BCUT2D eigenvalue weighted by molar-refractivity contribution is -0.126. The van der Waals surface area contributed by atoms with Gasteiger partial charge in [0.25, 0.3) is 0 Å². The third kappa shape index (κ3) is 5.36. The number of hydrogen-bond acceptors (Lipinski definition) is 3. The molecule has 1 aliphatic rings. The molecule has 3 amide bonds. The predicted molar refractivity (Wildman–Crippen MR) is 105 cm³/mol. The van der Waals surface area contributed by atoms with Gasteiger partial charge < -0.3 is 20.0 Å². The fourth-order valence-corrected chi connectivity index (χ4v) is 3.44. The highest BCUT2D eigenvalue weighted by Crippen LogP contribution is 2.19. The summed E-state index contributed by atoms with van der Waals surface area (Å²) < 4.78 is 5.33. The van der Waals surface area contributed by atoms with Crippen LogP contribution in [0.4, 0.5) is 10.5 Å². The Morgan fingerprint density at radius 1 is 1.30 bits per heavy atom. The molecule has 144 valence electrons. The van der Waals surface area contributed by atoms with Crippen LogP contribution in [0.25, 0.3) is 0 Å². The van der Waals surface area contributed by atoms with E-state index in [1.54, 1.807) is 11.2 Å². The highest BCUT2D eigenvalue weighted by atomic mass is 16.3. The lowest BCUT2D eigenvalue weighted by atomic mass is 9.97. The minimum atomic E-state index is -0.180. The van der Waals surface area contributed by atoms with Crippen molar-refractivity contribution in [3.05, 3.63) is 54.0 Å². The molecule has 0 bridgehead atoms. The highest BCUT2D eigenvalue weighted by Gasteiger charge is 2.29. The van der Waals surface area contributed by atoms with Crippen LogP contribution in [0.2, 0.25) is 0 Å². The van der Waals surface area contributed by atoms with E-state index >= 15 is 0 Å². The number of piperidine rings is 1. The standard InChI is InChI=1S/C21H27N3O3/c1-15-6-3-8-18(12-15)23-21(26)24-10-4-7-17(14-24)20(25)22-16(2)13-19-9-5-11-27-19/h3,5-6,8-9,11-12,16-17H,4,7,10,13-14H2,1-2H3,(H,22,25)(H,23,26). The molecule has 2 unspecified atom stereocenters. The summed E-state index contributed by atoms with van der Waals surface area (Å²) in [4.78, 5) is 26.9. The Labute approximate surface area is 159 Å². The zero-order chi connectivity index (χ0) is 19.2. The number of nitrogens with zero attached hydrogens (tertiary/aromatic N) is 1. The zero-order valence-electron chi connectivity index (χ0n) is 15.9. The van der Waals surface area contributed by atoms with Gasteiger partial charge in [0.05, 0.1) is 12.2 Å². The second-order valence-electron chi connectivity index (χ2n) is 7.28. The van der Waals surface area contributed by atoms with Crippen molar-refractivity contribution < 1.29 is 14.0 Å². The van der Waals surface area contributed by atoms with Crippen molar-refractivity contribution in [3.63, 3.8) is 0 Å². The van der Waals surface area contributed by atoms with Gasteiger partial charge in [0.1, 0.15) is 5.76 Å². The van der Waals surface area contributed by atoms with Crippen LogP contribution >= 0.6 is 0 Å². The largest absolute Gasteiger partial charge is 0.469 e. The zero-order valence-corrected chi connectivity index (χ0v) is 15.9. The summed E-state index contributed by atoms with van der Waals surface area (Å²) in [6.45, 7) is 5.06. The molecule has 0 spiro atoms. The molecule has 0 aliphatic carbocycles. The first-order valence-electron chi connectivity index (χ1n) is 9.46. The van der Waals surface area contributed by atoms with Crippen LogP contribution in [-0.4, -0.2) is 36.0 Å². The van der Waals surface area contributed by atoms with E-state index in [0.717, 1.165) is 29.9 Å². The molecule has 0 saturated carbocycles. The predicted octanol–water partition coefficient (Wildman–Crippen LogP) is 3.58. The minimum Gasteiger partial charge on any atom is -0.469 e. The van der Waals surface area contributed by atoms with Crippen LogP contribution in [-0.2, 0) is 11.2 Å². The summed E-state index contributed by atoms with van der Waals surface area (Å²) in [5, 5.41) is 5.97. The van der Waals surface area contributed by atoms with E-state index in [9.17, 15) is 9.59 Å². The molecule has 27 heavy (non-hydrogen) atoms. The SMILES string of the molecule is Cc1cccc(NC(=O)N2CCCC(C(=O)NC(C)Cc3ccco3)C2)c1. The Morgan fingerprint density at radius 3 is 2.89 bits per heavy atom. The van der Waals surface area contributed by atoms with Crippen LogP contribution in [0.1, 0.15) is 31.1 Å². The molecule has 2 heterocycles. The van der Waals surface area contributed by atoms with E-state index in [4.69, 9.17) is 4.42 Å². The molecule has 2 aromatic rings. The minimum absolute atomic E-state index is 0.00196. The second kappa shape index (κ2) is 8.75. The smallest absolute Gasteiger partial charge is 0.321 e. The van der Waals surface area contributed by atoms with E-state index in [0.29, 0.717) is 19.5 Å². The molecule has 3 rings (SSSR count).